The summed E-state index contributed by atoms with van der Waals surface area (Å²) in [6.45, 7) is 5.93. The second kappa shape index (κ2) is 15.8. The number of nitrogen functional groups attached to an aromatic ring is 1. The van der Waals surface area contributed by atoms with Crippen LogP contribution in [0.5, 0.6) is 0 Å². The summed E-state index contributed by atoms with van der Waals surface area (Å²) in [4.78, 5) is 4.32. The molecule has 3 aliphatic rings. The van der Waals surface area contributed by atoms with Gasteiger partial charge in [0.15, 0.2) is 0 Å². The van der Waals surface area contributed by atoms with E-state index in [4.69, 9.17) is 11.5 Å². The quantitative estimate of drug-likeness (QED) is 0.492. The van der Waals surface area contributed by atoms with Crippen molar-refractivity contribution in [1.82, 2.24) is 15.6 Å². The summed E-state index contributed by atoms with van der Waals surface area (Å²) in [7, 11) is 1.98. The van der Waals surface area contributed by atoms with Gasteiger partial charge in [-0.15, -0.1) is 0 Å². The van der Waals surface area contributed by atoms with Gasteiger partial charge in [0.05, 0.1) is 0 Å². The van der Waals surface area contributed by atoms with Gasteiger partial charge < -0.3 is 22.1 Å². The zero-order chi connectivity index (χ0) is 23.9. The molecule has 1 aromatic carbocycles. The van der Waals surface area contributed by atoms with Gasteiger partial charge in [-0.1, -0.05) is 51.3 Å². The van der Waals surface area contributed by atoms with Crippen molar-refractivity contribution in [2.75, 3.05) is 19.3 Å². The third-order valence-electron chi connectivity index (χ3n) is 6.54. The van der Waals surface area contributed by atoms with E-state index in [2.05, 4.69) is 27.8 Å². The zero-order valence-corrected chi connectivity index (χ0v) is 21.2. The van der Waals surface area contributed by atoms with E-state index in [1.807, 2.05) is 45.3 Å². The average molecular weight is 454 g/mol. The number of hydrogen-bond acceptors (Lipinski definition) is 5. The fraction of sp³-hybridized carbons (Fsp3) is 0.607. The predicted molar refractivity (Wildman–Crippen MR) is 142 cm³/mol. The lowest BCUT2D eigenvalue weighted by atomic mass is 9.94. The number of nitrogens with two attached hydrogens (primary N) is 2. The fourth-order valence-corrected chi connectivity index (χ4v) is 4.70. The summed E-state index contributed by atoms with van der Waals surface area (Å²) in [5.41, 5.74) is 18.0. The molecule has 6 N–H and O–H groups in total. The van der Waals surface area contributed by atoms with Crippen molar-refractivity contribution < 1.29 is 0 Å². The molecule has 1 atom stereocenters. The lowest BCUT2D eigenvalue weighted by Gasteiger charge is -2.26. The van der Waals surface area contributed by atoms with E-state index in [0.29, 0.717) is 12.1 Å². The third-order valence-corrected chi connectivity index (χ3v) is 6.54. The molecule has 1 saturated carbocycles. The number of benzene rings is 1. The monoisotopic (exact) mass is 453 g/mol. The highest BCUT2D eigenvalue weighted by Gasteiger charge is 2.18. The van der Waals surface area contributed by atoms with E-state index >= 15 is 0 Å². The molecule has 0 saturated heterocycles. The molecule has 2 aromatic rings. The van der Waals surface area contributed by atoms with Crippen LogP contribution in [0.2, 0.25) is 0 Å². The van der Waals surface area contributed by atoms with E-state index in [0.717, 1.165) is 25.2 Å². The number of aryl methyl sites for hydroxylation is 2. The van der Waals surface area contributed by atoms with E-state index in [-0.39, 0.29) is 0 Å². The van der Waals surface area contributed by atoms with Gasteiger partial charge in [-0.05, 0) is 80.8 Å². The number of likely N-dealkylation sites (N-methyl/N-ethyl adjacent to an activating group) is 1. The number of nitrogens with zero attached hydrogens (tertiary/aromatic N) is 1. The molecular formula is C28H47N5. The molecule has 184 valence electrons. The van der Waals surface area contributed by atoms with Crippen LogP contribution in [0.15, 0.2) is 36.5 Å². The highest BCUT2D eigenvalue weighted by molar-refractivity contribution is 5.52. The number of nitrogens with one attached hydrogen (secondary N) is 2. The molecule has 0 radical (unpaired) electrons. The highest BCUT2D eigenvalue weighted by atomic mass is 15.0. The second-order valence-electron chi connectivity index (χ2n) is 9.04. The van der Waals surface area contributed by atoms with Crippen molar-refractivity contribution in [3.05, 3.63) is 58.9 Å². The molecule has 0 spiro atoms. The smallest absolute Gasteiger partial charge is 0.0435 e. The molecule has 1 aliphatic heterocycles. The van der Waals surface area contributed by atoms with Crippen molar-refractivity contribution in [2.45, 2.75) is 96.7 Å². The van der Waals surface area contributed by atoms with Crippen LogP contribution >= 0.6 is 0 Å². The van der Waals surface area contributed by atoms with Crippen molar-refractivity contribution >= 4 is 5.69 Å². The van der Waals surface area contributed by atoms with E-state index in [9.17, 15) is 0 Å². The summed E-state index contributed by atoms with van der Waals surface area (Å²) in [6.07, 6.45) is 14.7. The molecule has 2 heterocycles. The van der Waals surface area contributed by atoms with Crippen LogP contribution in [0.25, 0.3) is 0 Å². The maximum atomic E-state index is 5.95. The van der Waals surface area contributed by atoms with Gasteiger partial charge in [-0.25, -0.2) is 0 Å². The number of aromatic nitrogens is 1. The molecule has 0 amide bonds. The van der Waals surface area contributed by atoms with Gasteiger partial charge in [0, 0.05) is 42.8 Å². The van der Waals surface area contributed by atoms with Crippen LogP contribution in [0, 0.1) is 0 Å². The lowest BCUT2D eigenvalue weighted by molar-refractivity contribution is 0.441. The third kappa shape index (κ3) is 9.44. The number of anilines is 1. The number of rotatable bonds is 2. The summed E-state index contributed by atoms with van der Waals surface area (Å²) in [5, 5.41) is 6.67. The Morgan fingerprint density at radius 3 is 2.36 bits per heavy atom. The Labute approximate surface area is 202 Å². The van der Waals surface area contributed by atoms with Gasteiger partial charge in [-0.3, -0.25) is 4.98 Å². The van der Waals surface area contributed by atoms with Gasteiger partial charge in [-0.2, -0.15) is 0 Å². The van der Waals surface area contributed by atoms with Crippen molar-refractivity contribution in [2.24, 2.45) is 5.73 Å². The van der Waals surface area contributed by atoms with Crippen LogP contribution in [-0.2, 0) is 25.8 Å². The molecule has 1 unspecified atom stereocenters. The van der Waals surface area contributed by atoms with E-state index in [1.165, 1.54) is 80.2 Å². The van der Waals surface area contributed by atoms with Crippen molar-refractivity contribution in [1.29, 1.82) is 0 Å². The number of hydrogen-bond donors (Lipinski definition) is 4. The molecule has 1 fully saturated rings. The van der Waals surface area contributed by atoms with Crippen LogP contribution in [0.1, 0.15) is 81.2 Å². The van der Waals surface area contributed by atoms with Crippen LogP contribution in [-0.4, -0.2) is 30.7 Å². The summed E-state index contributed by atoms with van der Waals surface area (Å²) < 4.78 is 0. The first kappa shape index (κ1) is 27.3. The minimum absolute atomic E-state index is 0.511. The fourth-order valence-electron chi connectivity index (χ4n) is 4.70. The average Bonchev–Trinajstić information content (AvgIpc) is 2.87. The lowest BCUT2D eigenvalue weighted by Crippen LogP contribution is -2.42. The largest absolute Gasteiger partial charge is 0.398 e. The molecule has 33 heavy (non-hydrogen) atoms. The molecule has 5 heteroatoms. The standard InChI is InChI=1S/C11H17N3.C9H11N.C6H13N.C2H6/c1-13-7-9-5-10-8(6-14-9)3-2-4-11(10)12;1-2-6-9-8(4-1)5-3-7-10-9;7-6-4-2-1-3-5-6;1-2/h2-4,9,13-14H,5-7,12H2,1H3;3,5,7H,1-2,4,6H2;6H,1-5,7H2;1-2H3. The normalized spacial score (nSPS) is 19.2. The minimum Gasteiger partial charge on any atom is -0.398 e. The Kier molecular flexibility index (Phi) is 13.1. The van der Waals surface area contributed by atoms with Crippen molar-refractivity contribution in [3.8, 4) is 0 Å². The Balaban J connectivity index is 0.000000178. The second-order valence-corrected chi connectivity index (χ2v) is 9.04. The minimum atomic E-state index is 0.511. The summed E-state index contributed by atoms with van der Waals surface area (Å²) >= 11 is 0. The Morgan fingerprint density at radius 2 is 1.70 bits per heavy atom. The molecule has 5 rings (SSSR count). The van der Waals surface area contributed by atoms with Gasteiger partial charge in [0.25, 0.3) is 0 Å². The van der Waals surface area contributed by atoms with Crippen LogP contribution < -0.4 is 22.1 Å². The number of pyridine rings is 1. The summed E-state index contributed by atoms with van der Waals surface area (Å²) in [6, 6.07) is 11.4. The summed E-state index contributed by atoms with van der Waals surface area (Å²) in [5.74, 6) is 0. The maximum Gasteiger partial charge on any atom is 0.0435 e. The van der Waals surface area contributed by atoms with E-state index in [1.54, 1.807) is 0 Å². The molecule has 1 aromatic heterocycles. The Morgan fingerprint density at radius 1 is 0.970 bits per heavy atom. The van der Waals surface area contributed by atoms with Gasteiger partial charge >= 0.3 is 0 Å². The molecular weight excluding hydrogens is 406 g/mol. The van der Waals surface area contributed by atoms with Crippen LogP contribution in [0.3, 0.4) is 0 Å². The van der Waals surface area contributed by atoms with Crippen molar-refractivity contribution in [3.63, 3.8) is 0 Å². The Bertz CT molecular complexity index is 761. The highest BCUT2D eigenvalue weighted by Crippen LogP contribution is 2.22. The zero-order valence-electron chi connectivity index (χ0n) is 21.2. The first-order valence-electron chi connectivity index (χ1n) is 13.1. The topological polar surface area (TPSA) is 89.0 Å². The first-order valence-corrected chi connectivity index (χ1v) is 13.1. The first-order chi connectivity index (χ1) is 16.2. The molecule has 5 nitrogen and oxygen atoms in total. The molecule has 0 bridgehead atoms. The van der Waals surface area contributed by atoms with Gasteiger partial charge in [0.1, 0.15) is 0 Å². The van der Waals surface area contributed by atoms with Crippen LogP contribution in [0.4, 0.5) is 5.69 Å². The SMILES string of the molecule is CC.CNCC1Cc2c(N)cccc2CN1.NC1CCCCC1.c1cnc2c(c1)CCCC2. The van der Waals surface area contributed by atoms with E-state index < -0.39 is 0 Å². The number of fused-ring (bicyclic) bond motifs is 2. The molecule has 2 aliphatic carbocycles. The predicted octanol–water partition coefficient (Wildman–Crippen LogP) is 4.77. The Hall–Kier alpha value is -1.95. The van der Waals surface area contributed by atoms with Gasteiger partial charge in [0.2, 0.25) is 0 Å². The maximum absolute atomic E-state index is 5.95.